The lowest BCUT2D eigenvalue weighted by molar-refractivity contribution is -0.00806. The summed E-state index contributed by atoms with van der Waals surface area (Å²) in [6.07, 6.45) is 1.34. The summed E-state index contributed by atoms with van der Waals surface area (Å²) in [5.74, 6) is 1.59. The Labute approximate surface area is 176 Å². The van der Waals surface area contributed by atoms with Crippen LogP contribution in [0.2, 0.25) is 0 Å². The largest absolute Gasteiger partial charge is 0.493 e. The molecule has 0 unspecified atom stereocenters. The first-order valence-electron chi connectivity index (χ1n) is 9.70. The number of nitrogens with zero attached hydrogens (tertiary/aromatic N) is 1. The van der Waals surface area contributed by atoms with Gasteiger partial charge in [-0.2, -0.15) is 0 Å². The quantitative estimate of drug-likeness (QED) is 0.464. The minimum atomic E-state index is -0.386. The Balaban J connectivity index is 1.87. The van der Waals surface area contributed by atoms with Crippen molar-refractivity contribution in [2.75, 3.05) is 38.4 Å². The number of pyridine rings is 1. The SMILES string of the molecule is CCO[C@H](CO)COc1ccc(-c2cnc(N)c(-c3ccc(N)cc3)c2)cc1OC. The second-order valence-corrected chi connectivity index (χ2v) is 6.72. The van der Waals surface area contributed by atoms with E-state index in [1.807, 2.05) is 55.5 Å². The summed E-state index contributed by atoms with van der Waals surface area (Å²) in [6.45, 7) is 2.49. The van der Waals surface area contributed by atoms with E-state index in [0.717, 1.165) is 22.3 Å². The molecular weight excluding hydrogens is 382 g/mol. The summed E-state index contributed by atoms with van der Waals surface area (Å²) in [5, 5.41) is 9.35. The predicted molar refractivity (Wildman–Crippen MR) is 118 cm³/mol. The van der Waals surface area contributed by atoms with Gasteiger partial charge in [-0.1, -0.05) is 18.2 Å². The van der Waals surface area contributed by atoms with Gasteiger partial charge in [0, 0.05) is 29.6 Å². The Kier molecular flexibility index (Phi) is 7.11. The monoisotopic (exact) mass is 409 g/mol. The van der Waals surface area contributed by atoms with Crippen LogP contribution in [0.1, 0.15) is 6.92 Å². The van der Waals surface area contributed by atoms with Crippen LogP contribution in [0, 0.1) is 0 Å². The van der Waals surface area contributed by atoms with Gasteiger partial charge in [0.1, 0.15) is 18.5 Å². The number of nitrogens with two attached hydrogens (primary N) is 2. The lowest BCUT2D eigenvalue weighted by Crippen LogP contribution is -2.25. The third-order valence-corrected chi connectivity index (χ3v) is 4.67. The molecule has 1 heterocycles. The van der Waals surface area contributed by atoms with Crippen molar-refractivity contribution in [3.63, 3.8) is 0 Å². The molecule has 1 aromatic heterocycles. The zero-order valence-corrected chi connectivity index (χ0v) is 17.2. The van der Waals surface area contributed by atoms with E-state index in [-0.39, 0.29) is 19.3 Å². The molecule has 7 nitrogen and oxygen atoms in total. The molecule has 0 fully saturated rings. The number of aromatic nitrogens is 1. The maximum atomic E-state index is 9.35. The number of hydrogen-bond acceptors (Lipinski definition) is 7. The van der Waals surface area contributed by atoms with Crippen molar-refractivity contribution in [2.45, 2.75) is 13.0 Å². The molecular formula is C23H27N3O4. The lowest BCUT2D eigenvalue weighted by atomic mass is 10.0. The molecule has 0 aliphatic carbocycles. The fourth-order valence-corrected chi connectivity index (χ4v) is 3.07. The number of benzene rings is 2. The molecule has 3 rings (SSSR count). The van der Waals surface area contributed by atoms with E-state index in [4.69, 9.17) is 25.7 Å². The maximum Gasteiger partial charge on any atom is 0.161 e. The van der Waals surface area contributed by atoms with Crippen LogP contribution < -0.4 is 20.9 Å². The Hall–Kier alpha value is -3.29. The number of hydrogen-bond donors (Lipinski definition) is 3. The van der Waals surface area contributed by atoms with Crippen LogP contribution in [-0.2, 0) is 4.74 Å². The molecule has 0 aliphatic rings. The number of rotatable bonds is 9. The minimum Gasteiger partial charge on any atom is -0.493 e. The van der Waals surface area contributed by atoms with Gasteiger partial charge < -0.3 is 30.8 Å². The zero-order chi connectivity index (χ0) is 21.5. The molecule has 0 saturated carbocycles. The topological polar surface area (TPSA) is 113 Å². The lowest BCUT2D eigenvalue weighted by Gasteiger charge is -2.17. The van der Waals surface area contributed by atoms with Gasteiger partial charge in [0.05, 0.1) is 13.7 Å². The summed E-state index contributed by atoms with van der Waals surface area (Å²) < 4.78 is 16.7. The first-order valence-corrected chi connectivity index (χ1v) is 9.70. The minimum absolute atomic E-state index is 0.112. The van der Waals surface area contributed by atoms with Crippen molar-refractivity contribution in [1.82, 2.24) is 4.98 Å². The van der Waals surface area contributed by atoms with E-state index in [0.29, 0.717) is 29.6 Å². The number of ether oxygens (including phenoxy) is 3. The van der Waals surface area contributed by atoms with Crippen LogP contribution in [0.25, 0.3) is 22.3 Å². The second kappa shape index (κ2) is 9.96. The molecule has 158 valence electrons. The molecule has 1 atom stereocenters. The van der Waals surface area contributed by atoms with Crippen LogP contribution in [0.15, 0.2) is 54.7 Å². The molecule has 0 spiro atoms. The highest BCUT2D eigenvalue weighted by Gasteiger charge is 2.13. The fourth-order valence-electron chi connectivity index (χ4n) is 3.07. The number of methoxy groups -OCH3 is 1. The van der Waals surface area contributed by atoms with Gasteiger partial charge in [-0.3, -0.25) is 0 Å². The van der Waals surface area contributed by atoms with Gasteiger partial charge in [0.15, 0.2) is 11.5 Å². The normalized spacial score (nSPS) is 11.8. The maximum absolute atomic E-state index is 9.35. The highest BCUT2D eigenvalue weighted by Crippen LogP contribution is 2.35. The van der Waals surface area contributed by atoms with E-state index in [9.17, 15) is 5.11 Å². The van der Waals surface area contributed by atoms with Crippen molar-refractivity contribution < 1.29 is 19.3 Å². The molecule has 0 amide bonds. The van der Waals surface area contributed by atoms with Crippen molar-refractivity contribution in [1.29, 1.82) is 0 Å². The van der Waals surface area contributed by atoms with E-state index < -0.39 is 0 Å². The standard InChI is InChI=1S/C23H27N3O4/c1-3-29-19(13-27)14-30-21-9-6-16(11-22(21)28-2)17-10-20(23(25)26-12-17)15-4-7-18(24)8-5-15/h4-12,19,27H,3,13-14,24H2,1-2H3,(H2,25,26)/t19-/m1/s1. The van der Waals surface area contributed by atoms with Gasteiger partial charge >= 0.3 is 0 Å². The Morgan fingerprint density at radius 3 is 2.37 bits per heavy atom. The van der Waals surface area contributed by atoms with Crippen LogP contribution in [0.4, 0.5) is 11.5 Å². The third kappa shape index (κ3) is 5.00. The predicted octanol–water partition coefficient (Wildman–Crippen LogP) is 3.36. The average Bonchev–Trinajstić information content (AvgIpc) is 2.77. The van der Waals surface area contributed by atoms with Crippen molar-refractivity contribution in [2.24, 2.45) is 0 Å². The van der Waals surface area contributed by atoms with Crippen molar-refractivity contribution in [3.05, 3.63) is 54.7 Å². The van der Waals surface area contributed by atoms with Crippen LogP contribution in [-0.4, -0.2) is 43.1 Å². The zero-order valence-electron chi connectivity index (χ0n) is 17.2. The Bertz CT molecular complexity index is 977. The first-order chi connectivity index (χ1) is 14.5. The van der Waals surface area contributed by atoms with Crippen LogP contribution in [0.5, 0.6) is 11.5 Å². The van der Waals surface area contributed by atoms with E-state index >= 15 is 0 Å². The molecule has 7 heteroatoms. The Morgan fingerprint density at radius 1 is 0.967 bits per heavy atom. The molecule has 3 aromatic rings. The Morgan fingerprint density at radius 2 is 1.70 bits per heavy atom. The fraction of sp³-hybridized carbons (Fsp3) is 0.261. The summed E-state index contributed by atoms with van der Waals surface area (Å²) in [5.41, 5.74) is 16.1. The summed E-state index contributed by atoms with van der Waals surface area (Å²) in [4.78, 5) is 4.35. The highest BCUT2D eigenvalue weighted by atomic mass is 16.5. The van der Waals surface area contributed by atoms with Crippen LogP contribution >= 0.6 is 0 Å². The summed E-state index contributed by atoms with van der Waals surface area (Å²) >= 11 is 0. The van der Waals surface area contributed by atoms with E-state index in [1.54, 1.807) is 13.3 Å². The molecule has 0 saturated heterocycles. The van der Waals surface area contributed by atoms with Crippen molar-refractivity contribution >= 4 is 11.5 Å². The summed E-state index contributed by atoms with van der Waals surface area (Å²) in [6, 6.07) is 15.1. The molecule has 30 heavy (non-hydrogen) atoms. The van der Waals surface area contributed by atoms with Gasteiger partial charge in [0.2, 0.25) is 0 Å². The average molecular weight is 409 g/mol. The van der Waals surface area contributed by atoms with Crippen molar-refractivity contribution in [3.8, 4) is 33.8 Å². The number of anilines is 2. The number of aliphatic hydroxyl groups excluding tert-OH is 1. The van der Waals surface area contributed by atoms with E-state index in [1.165, 1.54) is 0 Å². The third-order valence-electron chi connectivity index (χ3n) is 4.67. The highest BCUT2D eigenvalue weighted by molar-refractivity contribution is 5.80. The molecule has 0 aliphatic heterocycles. The van der Waals surface area contributed by atoms with Crippen LogP contribution in [0.3, 0.4) is 0 Å². The van der Waals surface area contributed by atoms with Gasteiger partial charge in [-0.15, -0.1) is 0 Å². The number of aliphatic hydroxyl groups is 1. The van der Waals surface area contributed by atoms with E-state index in [2.05, 4.69) is 4.98 Å². The first kappa shape index (κ1) is 21.4. The molecule has 2 aromatic carbocycles. The second-order valence-electron chi connectivity index (χ2n) is 6.72. The molecule has 5 N–H and O–H groups in total. The smallest absolute Gasteiger partial charge is 0.161 e. The van der Waals surface area contributed by atoms with Gasteiger partial charge in [0.25, 0.3) is 0 Å². The number of nitrogen functional groups attached to an aromatic ring is 2. The van der Waals surface area contributed by atoms with Gasteiger partial charge in [-0.05, 0) is 48.4 Å². The summed E-state index contributed by atoms with van der Waals surface area (Å²) in [7, 11) is 1.58. The van der Waals surface area contributed by atoms with Gasteiger partial charge in [-0.25, -0.2) is 4.98 Å². The molecule has 0 bridgehead atoms. The molecule has 0 radical (unpaired) electrons.